The predicted molar refractivity (Wildman–Crippen MR) is 147 cm³/mol. The van der Waals surface area contributed by atoms with Crippen LogP contribution in [0.25, 0.3) is 0 Å². The van der Waals surface area contributed by atoms with Crippen LogP contribution in [0.4, 0.5) is 11.4 Å². The summed E-state index contributed by atoms with van der Waals surface area (Å²) in [4.78, 5) is 72.5. The Morgan fingerprint density at radius 3 is 1.50 bits per heavy atom. The number of anilines is 1. The molecule has 0 saturated heterocycles. The molecule has 0 aliphatic rings. The smallest absolute Gasteiger partial charge is 0.326 e. The van der Waals surface area contributed by atoms with Gasteiger partial charge in [0.1, 0.15) is 17.8 Å². The van der Waals surface area contributed by atoms with Crippen molar-refractivity contribution >= 4 is 53.3 Å². The maximum absolute atomic E-state index is 12.3. The minimum absolute atomic E-state index is 0.118. The lowest BCUT2D eigenvalue weighted by Crippen LogP contribution is -2.41. The molecule has 0 aliphatic carbocycles. The van der Waals surface area contributed by atoms with Gasteiger partial charge in [-0.05, 0) is 61.4 Å². The molecular weight excluding hydrogens is 556 g/mol. The van der Waals surface area contributed by atoms with Crippen LogP contribution in [0.1, 0.15) is 46.4 Å². The SMILES string of the molecule is O=C(O)CC[C@H](NC(=O)c1ccc(N=CC(O)=CNc2ccc(C(=O)N[C@@H](CCC(=O)O)C(=O)O)cc2)cc1)C(=O)O. The number of nitrogens with one attached hydrogen (secondary N) is 3. The molecule has 0 radical (unpaired) electrons. The topological polar surface area (TPSA) is 252 Å². The highest BCUT2D eigenvalue weighted by molar-refractivity contribution is 5.97. The van der Waals surface area contributed by atoms with Crippen LogP contribution in [-0.4, -0.2) is 79.5 Å². The summed E-state index contributed by atoms with van der Waals surface area (Å²) in [5.74, 6) is -6.79. The Hall–Kier alpha value is -5.73. The van der Waals surface area contributed by atoms with Gasteiger partial charge in [0, 0.05) is 35.9 Å². The molecule has 15 heteroatoms. The molecule has 0 saturated carbocycles. The van der Waals surface area contributed by atoms with Gasteiger partial charge < -0.3 is 41.5 Å². The summed E-state index contributed by atoms with van der Waals surface area (Å²) in [6.07, 6.45) is 0.918. The summed E-state index contributed by atoms with van der Waals surface area (Å²) < 4.78 is 0. The van der Waals surface area contributed by atoms with Crippen LogP contribution < -0.4 is 16.0 Å². The molecule has 0 aliphatic heterocycles. The first-order valence-corrected chi connectivity index (χ1v) is 12.3. The summed E-state index contributed by atoms with van der Waals surface area (Å²) in [5.41, 5.74) is 1.07. The van der Waals surface area contributed by atoms with Gasteiger partial charge in [-0.25, -0.2) is 9.59 Å². The molecule has 2 aromatic rings. The number of carboxylic acid groups (broad SMARTS) is 4. The molecule has 0 unspecified atom stereocenters. The Morgan fingerprint density at radius 2 is 1.10 bits per heavy atom. The monoisotopic (exact) mass is 584 g/mol. The molecule has 2 rings (SSSR count). The van der Waals surface area contributed by atoms with Gasteiger partial charge in [0.2, 0.25) is 0 Å². The fraction of sp³-hybridized carbons (Fsp3) is 0.222. The van der Waals surface area contributed by atoms with Crippen LogP contribution in [0.3, 0.4) is 0 Å². The van der Waals surface area contributed by atoms with Gasteiger partial charge in [0.05, 0.1) is 11.9 Å². The van der Waals surface area contributed by atoms with Crippen molar-refractivity contribution in [2.45, 2.75) is 37.8 Å². The fourth-order valence-electron chi connectivity index (χ4n) is 3.29. The number of aliphatic hydroxyl groups is 1. The highest BCUT2D eigenvalue weighted by atomic mass is 16.4. The standard InChI is InChI=1S/C27H28N4O11/c32-19(13-28-17-5-1-15(2-6-17)24(37)30-20(26(39)40)9-11-22(33)34)14-29-18-7-3-16(4-8-18)25(38)31-21(27(41)42)10-12-23(35)36/h1-8,13-14,20-21,28,32H,9-12H2,(H,30,37)(H,31,38)(H,33,34)(H,35,36)(H,39,40)(H,41,42)/t20-,21-/m0/s1. The number of nitrogens with zero attached hydrogens (tertiary/aromatic N) is 1. The Bertz CT molecular complexity index is 1370. The third-order valence-corrected chi connectivity index (χ3v) is 5.51. The van der Waals surface area contributed by atoms with E-state index in [0.29, 0.717) is 11.4 Å². The maximum Gasteiger partial charge on any atom is 0.326 e. The lowest BCUT2D eigenvalue weighted by molar-refractivity contribution is -0.142. The predicted octanol–water partition coefficient (Wildman–Crippen LogP) is 2.00. The normalized spacial score (nSPS) is 12.6. The minimum atomic E-state index is -1.37. The molecule has 222 valence electrons. The average Bonchev–Trinajstić information content (AvgIpc) is 2.94. The van der Waals surface area contributed by atoms with E-state index in [1.807, 2.05) is 0 Å². The first kappa shape index (κ1) is 32.5. The molecule has 0 aromatic heterocycles. The van der Waals surface area contributed by atoms with E-state index in [4.69, 9.17) is 20.4 Å². The number of hydrogen-bond donors (Lipinski definition) is 8. The van der Waals surface area contributed by atoms with Crippen molar-refractivity contribution in [3.63, 3.8) is 0 Å². The Morgan fingerprint density at radius 1 is 0.667 bits per heavy atom. The van der Waals surface area contributed by atoms with Crippen molar-refractivity contribution < 1.29 is 54.3 Å². The van der Waals surface area contributed by atoms with Gasteiger partial charge in [0.25, 0.3) is 11.8 Å². The lowest BCUT2D eigenvalue weighted by Gasteiger charge is -2.13. The van der Waals surface area contributed by atoms with Crippen LogP contribution in [-0.2, 0) is 19.2 Å². The zero-order valence-electron chi connectivity index (χ0n) is 21.9. The van der Waals surface area contributed by atoms with E-state index in [1.165, 1.54) is 54.7 Å². The van der Waals surface area contributed by atoms with E-state index >= 15 is 0 Å². The average molecular weight is 585 g/mol. The Labute approximate surface area is 238 Å². The van der Waals surface area contributed by atoms with Gasteiger partial charge in [0.15, 0.2) is 0 Å². The number of aliphatic hydroxyl groups excluding tert-OH is 1. The Kier molecular flexibility index (Phi) is 12.2. The van der Waals surface area contributed by atoms with Crippen LogP contribution in [0, 0.1) is 0 Å². The van der Waals surface area contributed by atoms with Crippen molar-refractivity contribution in [1.29, 1.82) is 0 Å². The first-order valence-electron chi connectivity index (χ1n) is 12.3. The van der Waals surface area contributed by atoms with Crippen LogP contribution in [0.15, 0.2) is 65.5 Å². The van der Waals surface area contributed by atoms with Crippen molar-refractivity contribution in [1.82, 2.24) is 10.6 Å². The van der Waals surface area contributed by atoms with Crippen LogP contribution in [0.2, 0.25) is 0 Å². The van der Waals surface area contributed by atoms with E-state index < -0.39 is 60.6 Å². The van der Waals surface area contributed by atoms with Crippen LogP contribution >= 0.6 is 0 Å². The first-order chi connectivity index (χ1) is 19.8. The lowest BCUT2D eigenvalue weighted by atomic mass is 10.1. The molecule has 2 aromatic carbocycles. The molecule has 2 atom stereocenters. The van der Waals surface area contributed by atoms with Gasteiger partial charge in [-0.3, -0.25) is 24.2 Å². The molecule has 2 amide bonds. The van der Waals surface area contributed by atoms with Crippen LogP contribution in [0.5, 0.6) is 0 Å². The molecule has 42 heavy (non-hydrogen) atoms. The van der Waals surface area contributed by atoms with E-state index in [-0.39, 0.29) is 29.7 Å². The largest absolute Gasteiger partial charge is 0.505 e. The second-order valence-corrected chi connectivity index (χ2v) is 8.69. The molecule has 0 heterocycles. The second-order valence-electron chi connectivity index (χ2n) is 8.69. The summed E-state index contributed by atoms with van der Waals surface area (Å²) >= 11 is 0. The van der Waals surface area contributed by atoms with Gasteiger partial charge >= 0.3 is 23.9 Å². The number of rotatable bonds is 16. The molecule has 0 fully saturated rings. The summed E-state index contributed by atoms with van der Waals surface area (Å²) in [6.45, 7) is 0. The number of aliphatic carboxylic acids is 4. The van der Waals surface area contributed by atoms with Gasteiger partial charge in [-0.1, -0.05) is 0 Å². The fourth-order valence-corrected chi connectivity index (χ4v) is 3.29. The van der Waals surface area contributed by atoms with Crippen molar-refractivity contribution in [2.75, 3.05) is 5.32 Å². The highest BCUT2D eigenvalue weighted by Gasteiger charge is 2.22. The quantitative estimate of drug-likeness (QED) is 0.104. The summed E-state index contributed by atoms with van der Waals surface area (Å²) in [5, 5.41) is 53.1. The van der Waals surface area contributed by atoms with Gasteiger partial charge in [-0.2, -0.15) is 0 Å². The van der Waals surface area contributed by atoms with E-state index in [0.717, 1.165) is 6.21 Å². The highest BCUT2D eigenvalue weighted by Crippen LogP contribution is 2.14. The van der Waals surface area contributed by atoms with Gasteiger partial charge in [-0.15, -0.1) is 0 Å². The zero-order valence-corrected chi connectivity index (χ0v) is 21.9. The van der Waals surface area contributed by atoms with E-state index in [1.54, 1.807) is 0 Å². The molecule has 0 bridgehead atoms. The molecule has 8 N–H and O–H groups in total. The number of aliphatic imine (C=N–C) groups is 1. The number of carbonyl (C=O) groups excluding carboxylic acids is 2. The Balaban J connectivity index is 1.92. The zero-order chi connectivity index (χ0) is 31.2. The maximum atomic E-state index is 12.3. The van der Waals surface area contributed by atoms with Crippen molar-refractivity contribution in [3.05, 3.63) is 71.6 Å². The summed E-state index contributed by atoms with van der Waals surface area (Å²) in [7, 11) is 0. The van der Waals surface area contributed by atoms with E-state index in [9.17, 15) is 33.9 Å². The number of hydrogen-bond acceptors (Lipinski definition) is 9. The molecular formula is C27H28N4O11. The third kappa shape index (κ3) is 11.2. The summed E-state index contributed by atoms with van der Waals surface area (Å²) in [6, 6.07) is 8.68. The minimum Gasteiger partial charge on any atom is -0.505 e. The number of carboxylic acids is 4. The number of carbonyl (C=O) groups is 6. The molecule has 15 nitrogen and oxygen atoms in total. The third-order valence-electron chi connectivity index (χ3n) is 5.51. The van der Waals surface area contributed by atoms with Crippen molar-refractivity contribution in [3.8, 4) is 0 Å². The van der Waals surface area contributed by atoms with Crippen molar-refractivity contribution in [2.24, 2.45) is 4.99 Å². The number of amides is 2. The second kappa shape index (κ2) is 15.8. The molecule has 0 spiro atoms. The number of benzene rings is 2. The number of allylic oxidation sites excluding steroid dienone is 1. The van der Waals surface area contributed by atoms with E-state index in [2.05, 4.69) is 20.9 Å².